The van der Waals surface area contributed by atoms with Crippen LogP contribution in [0.3, 0.4) is 0 Å². The highest BCUT2D eigenvalue weighted by Gasteiger charge is 2.34. The molecule has 0 spiro atoms. The molecule has 1 amide bonds. The van der Waals surface area contributed by atoms with Crippen LogP contribution in [-0.2, 0) is 11.8 Å². The number of nitrogens with zero attached hydrogens (tertiary/aromatic N) is 2. The van der Waals surface area contributed by atoms with Gasteiger partial charge < -0.3 is 10.6 Å². The van der Waals surface area contributed by atoms with Gasteiger partial charge in [-0.3, -0.25) is 9.48 Å². The van der Waals surface area contributed by atoms with E-state index in [1.165, 1.54) is 0 Å². The van der Waals surface area contributed by atoms with Crippen molar-refractivity contribution < 1.29 is 4.79 Å². The number of benzene rings is 1. The average molecular weight is 418 g/mol. The fraction of sp³-hybridized carbons (Fsp3) is 0.444. The lowest BCUT2D eigenvalue weighted by atomic mass is 9.90. The Labute approximate surface area is 169 Å². The average Bonchev–Trinajstić information content (AvgIpc) is 3.21. The molecule has 0 radical (unpaired) electrons. The van der Waals surface area contributed by atoms with Crippen LogP contribution in [0.25, 0.3) is 0 Å². The van der Waals surface area contributed by atoms with Gasteiger partial charge in [-0.25, -0.2) is 0 Å². The third-order valence-corrected chi connectivity index (χ3v) is 5.44. The molecule has 1 aromatic heterocycles. The lowest BCUT2D eigenvalue weighted by molar-refractivity contribution is -0.124. The van der Waals surface area contributed by atoms with Gasteiger partial charge in [0.15, 0.2) is 0 Å². The van der Waals surface area contributed by atoms with Gasteiger partial charge in [-0.1, -0.05) is 36.2 Å². The summed E-state index contributed by atoms with van der Waals surface area (Å²) >= 11 is 12.5. The summed E-state index contributed by atoms with van der Waals surface area (Å²) in [7, 11) is 1.88. The minimum Gasteiger partial charge on any atom is -0.355 e. The number of carbonyl (C=O) groups excluding carboxylic acids is 1. The molecule has 2 aromatic rings. The molecule has 1 aliphatic rings. The van der Waals surface area contributed by atoms with Gasteiger partial charge in [0.2, 0.25) is 5.91 Å². The Kier molecular flexibility index (Phi) is 7.35. The summed E-state index contributed by atoms with van der Waals surface area (Å²) in [6.07, 6.45) is 3.81. The van der Waals surface area contributed by atoms with Crippen molar-refractivity contribution >= 4 is 41.5 Å². The Hall–Kier alpha value is -1.27. The Morgan fingerprint density at radius 1 is 1.38 bits per heavy atom. The second kappa shape index (κ2) is 9.09. The minimum absolute atomic E-state index is 0. The number of hydrogen-bond donors (Lipinski definition) is 2. The molecule has 142 valence electrons. The van der Waals surface area contributed by atoms with Crippen LogP contribution < -0.4 is 10.6 Å². The SMILES string of the molecule is CC(CNC(=O)[C@H]1CNC[C@@H]1c1cnn(C)c1)c1c(Cl)cccc1Cl.Cl. The predicted molar refractivity (Wildman–Crippen MR) is 107 cm³/mol. The number of amides is 1. The first-order chi connectivity index (χ1) is 12.0. The lowest BCUT2D eigenvalue weighted by Gasteiger charge is -2.20. The molecule has 0 bridgehead atoms. The number of halogens is 3. The van der Waals surface area contributed by atoms with Crippen LogP contribution in [0.15, 0.2) is 30.6 Å². The molecule has 3 atom stereocenters. The fourth-order valence-electron chi connectivity index (χ4n) is 3.40. The molecule has 2 heterocycles. The Bertz CT molecular complexity index is 744. The summed E-state index contributed by atoms with van der Waals surface area (Å²) in [4.78, 5) is 12.7. The zero-order chi connectivity index (χ0) is 18.0. The van der Waals surface area contributed by atoms with Crippen LogP contribution in [0.1, 0.15) is 29.9 Å². The summed E-state index contributed by atoms with van der Waals surface area (Å²) in [5.41, 5.74) is 1.97. The van der Waals surface area contributed by atoms with Crippen molar-refractivity contribution in [2.24, 2.45) is 13.0 Å². The first-order valence-corrected chi connectivity index (χ1v) is 9.14. The maximum absolute atomic E-state index is 12.7. The Balaban J connectivity index is 0.00000243. The molecule has 26 heavy (non-hydrogen) atoms. The molecule has 1 unspecified atom stereocenters. The standard InChI is InChI=1S/C18H22Cl2N4O.ClH/c1-11(17-15(19)4-3-5-16(17)20)6-22-18(25)14-9-21-8-13(14)12-7-23-24(2)10-12;/h3-5,7,10-11,13-14,21H,6,8-9H2,1-2H3,(H,22,25);1H/t11?,13-,14+;/m1./s1. The summed E-state index contributed by atoms with van der Waals surface area (Å²) in [6.45, 7) is 3.97. The number of aromatic nitrogens is 2. The lowest BCUT2D eigenvalue weighted by Crippen LogP contribution is -2.36. The molecule has 8 heteroatoms. The number of carbonyl (C=O) groups is 1. The van der Waals surface area contributed by atoms with E-state index in [1.54, 1.807) is 4.68 Å². The highest BCUT2D eigenvalue weighted by atomic mass is 35.5. The van der Waals surface area contributed by atoms with Gasteiger partial charge in [-0.05, 0) is 23.3 Å². The number of hydrogen-bond acceptors (Lipinski definition) is 3. The third kappa shape index (κ3) is 4.52. The molecule has 1 saturated heterocycles. The van der Waals surface area contributed by atoms with Crippen molar-refractivity contribution in [3.05, 3.63) is 51.8 Å². The maximum atomic E-state index is 12.7. The number of rotatable bonds is 5. The van der Waals surface area contributed by atoms with Gasteiger partial charge in [0.25, 0.3) is 0 Å². The van der Waals surface area contributed by atoms with Gasteiger partial charge in [-0.15, -0.1) is 12.4 Å². The normalized spacial score (nSPS) is 20.5. The first kappa shape index (κ1) is 21.0. The Morgan fingerprint density at radius 3 is 2.69 bits per heavy atom. The Morgan fingerprint density at radius 2 is 2.08 bits per heavy atom. The molecule has 1 fully saturated rings. The zero-order valence-corrected chi connectivity index (χ0v) is 17.0. The van der Waals surface area contributed by atoms with Gasteiger partial charge in [0.1, 0.15) is 0 Å². The highest BCUT2D eigenvalue weighted by molar-refractivity contribution is 6.36. The van der Waals surface area contributed by atoms with Crippen LogP contribution in [0.4, 0.5) is 0 Å². The van der Waals surface area contributed by atoms with E-state index in [2.05, 4.69) is 15.7 Å². The van der Waals surface area contributed by atoms with Crippen LogP contribution in [0.5, 0.6) is 0 Å². The quantitative estimate of drug-likeness (QED) is 0.784. The van der Waals surface area contributed by atoms with Gasteiger partial charge in [0.05, 0.1) is 12.1 Å². The van der Waals surface area contributed by atoms with Crippen LogP contribution >= 0.6 is 35.6 Å². The van der Waals surface area contributed by atoms with E-state index >= 15 is 0 Å². The molecule has 0 saturated carbocycles. The summed E-state index contributed by atoms with van der Waals surface area (Å²) in [5, 5.41) is 11.8. The molecule has 3 rings (SSSR count). The molecule has 1 aliphatic heterocycles. The van der Waals surface area contributed by atoms with E-state index < -0.39 is 0 Å². The summed E-state index contributed by atoms with van der Waals surface area (Å²) in [6, 6.07) is 5.46. The molecular weight excluding hydrogens is 395 g/mol. The smallest absolute Gasteiger partial charge is 0.225 e. The van der Waals surface area contributed by atoms with Crippen molar-refractivity contribution in [2.45, 2.75) is 18.8 Å². The highest BCUT2D eigenvalue weighted by Crippen LogP contribution is 2.31. The summed E-state index contributed by atoms with van der Waals surface area (Å²) in [5.74, 6) is 0.135. The molecule has 2 N–H and O–H groups in total. The first-order valence-electron chi connectivity index (χ1n) is 8.38. The van der Waals surface area contributed by atoms with Crippen molar-refractivity contribution in [3.8, 4) is 0 Å². The summed E-state index contributed by atoms with van der Waals surface area (Å²) < 4.78 is 1.77. The van der Waals surface area contributed by atoms with E-state index in [0.29, 0.717) is 23.1 Å². The topological polar surface area (TPSA) is 59.0 Å². The molecule has 0 aliphatic carbocycles. The maximum Gasteiger partial charge on any atom is 0.225 e. The molecular formula is C18H23Cl3N4O. The van der Waals surface area contributed by atoms with Crippen LogP contribution in [0.2, 0.25) is 10.0 Å². The zero-order valence-electron chi connectivity index (χ0n) is 14.7. The fourth-order valence-corrected chi connectivity index (χ4v) is 4.17. The van der Waals surface area contributed by atoms with E-state index in [-0.39, 0.29) is 36.1 Å². The van der Waals surface area contributed by atoms with E-state index in [0.717, 1.165) is 17.7 Å². The van der Waals surface area contributed by atoms with Gasteiger partial charge in [-0.2, -0.15) is 5.10 Å². The number of aryl methyl sites for hydroxylation is 1. The van der Waals surface area contributed by atoms with Crippen molar-refractivity contribution in [1.29, 1.82) is 0 Å². The molecule has 5 nitrogen and oxygen atoms in total. The van der Waals surface area contributed by atoms with Crippen molar-refractivity contribution in [1.82, 2.24) is 20.4 Å². The predicted octanol–water partition coefficient (Wildman–Crippen LogP) is 3.37. The van der Waals surface area contributed by atoms with Crippen LogP contribution in [0, 0.1) is 5.92 Å². The number of nitrogens with one attached hydrogen (secondary N) is 2. The van der Waals surface area contributed by atoms with Crippen LogP contribution in [-0.4, -0.2) is 35.3 Å². The van der Waals surface area contributed by atoms with E-state index in [4.69, 9.17) is 23.2 Å². The molecule has 1 aromatic carbocycles. The third-order valence-electron chi connectivity index (χ3n) is 4.78. The van der Waals surface area contributed by atoms with Gasteiger partial charge >= 0.3 is 0 Å². The largest absolute Gasteiger partial charge is 0.355 e. The second-order valence-corrected chi connectivity index (χ2v) is 7.41. The minimum atomic E-state index is -0.0990. The van der Waals surface area contributed by atoms with E-state index in [9.17, 15) is 4.79 Å². The monoisotopic (exact) mass is 416 g/mol. The van der Waals surface area contributed by atoms with E-state index in [1.807, 2.05) is 44.6 Å². The second-order valence-electron chi connectivity index (χ2n) is 6.60. The van der Waals surface area contributed by atoms with Gasteiger partial charge in [0, 0.05) is 54.8 Å². The van der Waals surface area contributed by atoms with Crippen molar-refractivity contribution in [3.63, 3.8) is 0 Å². The van der Waals surface area contributed by atoms with Crippen molar-refractivity contribution in [2.75, 3.05) is 19.6 Å².